The van der Waals surface area contributed by atoms with Gasteiger partial charge in [0.15, 0.2) is 0 Å². The van der Waals surface area contributed by atoms with Gasteiger partial charge in [-0.05, 0) is 36.5 Å². The molecule has 0 atom stereocenters. The monoisotopic (exact) mass is 239 g/mol. The number of hydrogen-bond donors (Lipinski definition) is 1. The van der Waals surface area contributed by atoms with Crippen molar-refractivity contribution in [1.29, 1.82) is 0 Å². The van der Waals surface area contributed by atoms with E-state index in [2.05, 4.69) is 5.16 Å². The summed E-state index contributed by atoms with van der Waals surface area (Å²) < 4.78 is 5.64. The molecule has 1 aliphatic rings. The second-order valence-corrected chi connectivity index (χ2v) is 4.49. The molecular formula is C12H14ClNO2. The lowest BCUT2D eigenvalue weighted by molar-refractivity contribution is 0.299. The molecule has 16 heavy (non-hydrogen) atoms. The van der Waals surface area contributed by atoms with Gasteiger partial charge in [-0.3, -0.25) is 0 Å². The van der Waals surface area contributed by atoms with Crippen molar-refractivity contribution in [3.63, 3.8) is 0 Å². The van der Waals surface area contributed by atoms with Crippen LogP contribution in [0.25, 0.3) is 0 Å². The first-order chi connectivity index (χ1) is 7.78. The summed E-state index contributed by atoms with van der Waals surface area (Å²) in [4.78, 5) is 0. The van der Waals surface area contributed by atoms with Crippen LogP contribution in [-0.4, -0.2) is 17.0 Å². The number of ether oxygens (including phenoxy) is 1. The van der Waals surface area contributed by atoms with E-state index in [1.54, 1.807) is 0 Å². The SMILES string of the molecule is O/N=C(\Cl)Cc1cccc(OCC2CC2)c1. The van der Waals surface area contributed by atoms with Crippen molar-refractivity contribution >= 4 is 16.8 Å². The largest absolute Gasteiger partial charge is 0.493 e. The summed E-state index contributed by atoms with van der Waals surface area (Å²) in [5.74, 6) is 1.60. The average molecular weight is 240 g/mol. The Labute approximate surface area is 99.7 Å². The van der Waals surface area contributed by atoms with E-state index in [0.29, 0.717) is 6.42 Å². The average Bonchev–Trinajstić information content (AvgIpc) is 3.10. The Hall–Kier alpha value is -1.22. The predicted molar refractivity (Wildman–Crippen MR) is 63.4 cm³/mol. The van der Waals surface area contributed by atoms with Gasteiger partial charge in [0.2, 0.25) is 0 Å². The molecule has 4 heteroatoms. The molecule has 1 saturated carbocycles. The van der Waals surface area contributed by atoms with Crippen molar-refractivity contribution in [2.75, 3.05) is 6.61 Å². The van der Waals surface area contributed by atoms with Gasteiger partial charge in [-0.1, -0.05) is 28.9 Å². The minimum atomic E-state index is 0.180. The zero-order valence-corrected chi connectivity index (χ0v) is 9.65. The Morgan fingerprint density at radius 3 is 3.00 bits per heavy atom. The lowest BCUT2D eigenvalue weighted by Gasteiger charge is -2.06. The molecule has 86 valence electrons. The van der Waals surface area contributed by atoms with Crippen molar-refractivity contribution in [1.82, 2.24) is 0 Å². The molecule has 3 nitrogen and oxygen atoms in total. The molecule has 1 fully saturated rings. The van der Waals surface area contributed by atoms with Crippen molar-refractivity contribution in [3.8, 4) is 5.75 Å². The Bertz CT molecular complexity index is 388. The Morgan fingerprint density at radius 1 is 1.50 bits per heavy atom. The number of halogens is 1. The van der Waals surface area contributed by atoms with Gasteiger partial charge in [0.1, 0.15) is 10.9 Å². The molecule has 1 N–H and O–H groups in total. The third-order valence-electron chi connectivity index (χ3n) is 2.54. The zero-order valence-electron chi connectivity index (χ0n) is 8.90. The minimum Gasteiger partial charge on any atom is -0.493 e. The molecule has 1 aliphatic carbocycles. The predicted octanol–water partition coefficient (Wildman–Crippen LogP) is 3.04. The standard InChI is InChI=1S/C12H14ClNO2/c13-12(14-15)7-10-2-1-3-11(6-10)16-8-9-4-5-9/h1-3,6,9,15H,4-5,7-8H2/b14-12-. The van der Waals surface area contributed by atoms with Gasteiger partial charge in [-0.15, -0.1) is 0 Å². The molecule has 1 aromatic carbocycles. The lowest BCUT2D eigenvalue weighted by Crippen LogP contribution is -2.00. The summed E-state index contributed by atoms with van der Waals surface area (Å²) in [6.07, 6.45) is 2.99. The Balaban J connectivity index is 1.94. The number of oxime groups is 1. The first kappa shape index (κ1) is 11.3. The maximum atomic E-state index is 8.47. The van der Waals surface area contributed by atoms with Crippen LogP contribution in [0.1, 0.15) is 18.4 Å². The molecule has 0 radical (unpaired) electrons. The van der Waals surface area contributed by atoms with E-state index < -0.39 is 0 Å². The van der Waals surface area contributed by atoms with E-state index in [0.717, 1.165) is 23.8 Å². The molecule has 0 aliphatic heterocycles. The fourth-order valence-corrected chi connectivity index (χ4v) is 1.60. The smallest absolute Gasteiger partial charge is 0.149 e. The Kier molecular flexibility index (Phi) is 3.67. The third-order valence-corrected chi connectivity index (χ3v) is 2.75. The molecule has 0 aromatic heterocycles. The van der Waals surface area contributed by atoms with Crippen LogP contribution in [0.3, 0.4) is 0 Å². The molecule has 0 saturated heterocycles. The van der Waals surface area contributed by atoms with Gasteiger partial charge in [0.05, 0.1) is 6.61 Å². The molecule has 2 rings (SSSR count). The zero-order chi connectivity index (χ0) is 11.4. The summed E-state index contributed by atoms with van der Waals surface area (Å²) in [6.45, 7) is 0.797. The maximum Gasteiger partial charge on any atom is 0.149 e. The summed E-state index contributed by atoms with van der Waals surface area (Å²) in [5, 5.41) is 11.6. The number of rotatable bonds is 5. The van der Waals surface area contributed by atoms with Crippen LogP contribution in [0, 0.1) is 5.92 Å². The van der Waals surface area contributed by atoms with Gasteiger partial charge < -0.3 is 9.94 Å². The minimum absolute atomic E-state index is 0.180. The van der Waals surface area contributed by atoms with E-state index in [9.17, 15) is 0 Å². The highest BCUT2D eigenvalue weighted by Gasteiger charge is 2.21. The van der Waals surface area contributed by atoms with Crippen molar-refractivity contribution in [2.45, 2.75) is 19.3 Å². The van der Waals surface area contributed by atoms with Crippen LogP contribution in [0.5, 0.6) is 5.75 Å². The molecule has 0 unspecified atom stereocenters. The highest BCUT2D eigenvalue weighted by Crippen LogP contribution is 2.29. The quantitative estimate of drug-likeness (QED) is 0.488. The van der Waals surface area contributed by atoms with E-state index in [4.69, 9.17) is 21.5 Å². The summed E-state index contributed by atoms with van der Waals surface area (Å²) in [7, 11) is 0. The van der Waals surface area contributed by atoms with Crippen LogP contribution < -0.4 is 4.74 Å². The molecule has 0 amide bonds. The highest BCUT2D eigenvalue weighted by atomic mass is 35.5. The molecule has 1 aromatic rings. The Morgan fingerprint density at radius 2 is 2.31 bits per heavy atom. The van der Waals surface area contributed by atoms with Crippen molar-refractivity contribution < 1.29 is 9.94 Å². The van der Waals surface area contributed by atoms with Gasteiger partial charge in [0.25, 0.3) is 0 Å². The first-order valence-electron chi connectivity index (χ1n) is 5.36. The topological polar surface area (TPSA) is 41.8 Å². The first-order valence-corrected chi connectivity index (χ1v) is 5.74. The number of hydrogen-bond acceptors (Lipinski definition) is 3. The summed E-state index contributed by atoms with van der Waals surface area (Å²) in [6, 6.07) is 7.70. The van der Waals surface area contributed by atoms with Crippen LogP contribution >= 0.6 is 11.6 Å². The van der Waals surface area contributed by atoms with E-state index in [-0.39, 0.29) is 5.17 Å². The number of benzene rings is 1. The van der Waals surface area contributed by atoms with Crippen LogP contribution in [0.2, 0.25) is 0 Å². The van der Waals surface area contributed by atoms with Crippen molar-refractivity contribution in [3.05, 3.63) is 29.8 Å². The molecule has 0 bridgehead atoms. The van der Waals surface area contributed by atoms with Gasteiger partial charge in [-0.2, -0.15) is 0 Å². The van der Waals surface area contributed by atoms with E-state index in [1.165, 1.54) is 12.8 Å². The summed E-state index contributed by atoms with van der Waals surface area (Å²) >= 11 is 5.65. The van der Waals surface area contributed by atoms with Crippen LogP contribution in [0.4, 0.5) is 0 Å². The fourth-order valence-electron chi connectivity index (χ4n) is 1.45. The highest BCUT2D eigenvalue weighted by molar-refractivity contribution is 6.65. The summed E-state index contributed by atoms with van der Waals surface area (Å²) in [5.41, 5.74) is 0.982. The van der Waals surface area contributed by atoms with Gasteiger partial charge >= 0.3 is 0 Å². The van der Waals surface area contributed by atoms with E-state index in [1.807, 2.05) is 24.3 Å². The van der Waals surface area contributed by atoms with E-state index >= 15 is 0 Å². The van der Waals surface area contributed by atoms with Crippen molar-refractivity contribution in [2.24, 2.45) is 11.1 Å². The normalized spacial score (nSPS) is 16.2. The fraction of sp³-hybridized carbons (Fsp3) is 0.417. The lowest BCUT2D eigenvalue weighted by atomic mass is 10.1. The van der Waals surface area contributed by atoms with Gasteiger partial charge in [-0.25, -0.2) is 0 Å². The van der Waals surface area contributed by atoms with Crippen LogP contribution in [-0.2, 0) is 6.42 Å². The number of nitrogens with zero attached hydrogens (tertiary/aromatic N) is 1. The second-order valence-electron chi connectivity index (χ2n) is 4.05. The maximum absolute atomic E-state index is 8.47. The van der Waals surface area contributed by atoms with Gasteiger partial charge in [0, 0.05) is 6.42 Å². The third kappa shape index (κ3) is 3.42. The molecule has 0 spiro atoms. The second kappa shape index (κ2) is 5.21. The molecule has 0 heterocycles. The van der Waals surface area contributed by atoms with Crippen LogP contribution in [0.15, 0.2) is 29.4 Å². The molecular weight excluding hydrogens is 226 g/mol.